The predicted octanol–water partition coefficient (Wildman–Crippen LogP) is 5.14. The number of nitrogens with one attached hydrogen (secondary N) is 2. The van der Waals surface area contributed by atoms with Crippen LogP contribution in [-0.2, 0) is 0 Å². The zero-order chi connectivity index (χ0) is 15.1. The summed E-state index contributed by atoms with van der Waals surface area (Å²) in [5.74, 6) is 0. The first-order valence-corrected chi connectivity index (χ1v) is 7.83. The Bertz CT molecular complexity index is 840. The normalized spacial score (nSPS) is 19.8. The fraction of sp³-hybridized carbons (Fsp3) is 0.200. The Balaban J connectivity index is 1.78. The minimum absolute atomic E-state index is 0.120. The largest absolute Gasteiger partial charge is 0.361 e. The number of benzene rings is 2. The van der Waals surface area contributed by atoms with Crippen LogP contribution in [0.25, 0.3) is 10.8 Å². The second kappa shape index (κ2) is 5.06. The molecule has 2 N–H and O–H groups in total. The van der Waals surface area contributed by atoms with Crippen molar-refractivity contribution in [2.75, 3.05) is 10.6 Å². The molecule has 1 atom stereocenters. The first-order valence-electron chi connectivity index (χ1n) is 7.83. The van der Waals surface area contributed by atoms with E-state index in [2.05, 4.69) is 79.1 Å². The molecule has 0 spiro atoms. The SMILES string of the molecule is CC1=CCC=C(C2Nc3cccc4ccc(C)c(c34)N2)C=C1. The van der Waals surface area contributed by atoms with Crippen molar-refractivity contribution in [1.82, 2.24) is 0 Å². The summed E-state index contributed by atoms with van der Waals surface area (Å²) in [6.07, 6.45) is 10.1. The zero-order valence-electron chi connectivity index (χ0n) is 13.0. The molecule has 1 aliphatic heterocycles. The first kappa shape index (κ1) is 13.2. The van der Waals surface area contributed by atoms with Gasteiger partial charge >= 0.3 is 0 Å². The van der Waals surface area contributed by atoms with Gasteiger partial charge in [-0.15, -0.1) is 0 Å². The van der Waals surface area contributed by atoms with E-state index in [4.69, 9.17) is 0 Å². The second-order valence-electron chi connectivity index (χ2n) is 6.10. The van der Waals surface area contributed by atoms with Gasteiger partial charge in [0.15, 0.2) is 0 Å². The highest BCUT2D eigenvalue weighted by molar-refractivity contribution is 6.06. The molecule has 2 aliphatic rings. The smallest absolute Gasteiger partial charge is 0.123 e. The van der Waals surface area contributed by atoms with Crippen molar-refractivity contribution in [3.63, 3.8) is 0 Å². The highest BCUT2D eigenvalue weighted by atomic mass is 15.2. The number of hydrogen-bond acceptors (Lipinski definition) is 2. The molecule has 0 saturated heterocycles. The highest BCUT2D eigenvalue weighted by Gasteiger charge is 2.22. The van der Waals surface area contributed by atoms with E-state index in [1.54, 1.807) is 0 Å². The lowest BCUT2D eigenvalue weighted by Crippen LogP contribution is -2.33. The first-order chi connectivity index (χ1) is 10.7. The second-order valence-corrected chi connectivity index (χ2v) is 6.10. The van der Waals surface area contributed by atoms with Gasteiger partial charge in [0.05, 0.1) is 0 Å². The van der Waals surface area contributed by atoms with Gasteiger partial charge in [-0.2, -0.15) is 0 Å². The summed E-state index contributed by atoms with van der Waals surface area (Å²) in [5.41, 5.74) is 6.36. The lowest BCUT2D eigenvalue weighted by molar-refractivity contribution is 0.952. The molecule has 0 bridgehead atoms. The van der Waals surface area contributed by atoms with Crippen LogP contribution in [-0.4, -0.2) is 6.17 Å². The van der Waals surface area contributed by atoms with Gasteiger partial charge in [0.2, 0.25) is 0 Å². The third kappa shape index (κ3) is 2.12. The van der Waals surface area contributed by atoms with Crippen molar-refractivity contribution in [1.29, 1.82) is 0 Å². The molecule has 4 rings (SSSR count). The van der Waals surface area contributed by atoms with Crippen LogP contribution in [0.4, 0.5) is 11.4 Å². The molecule has 0 amide bonds. The maximum atomic E-state index is 3.69. The topological polar surface area (TPSA) is 24.1 Å². The van der Waals surface area contributed by atoms with Gasteiger partial charge < -0.3 is 10.6 Å². The number of allylic oxidation sites excluding steroid dienone is 4. The zero-order valence-corrected chi connectivity index (χ0v) is 13.0. The van der Waals surface area contributed by atoms with Crippen molar-refractivity contribution in [2.24, 2.45) is 0 Å². The van der Waals surface area contributed by atoms with E-state index in [9.17, 15) is 0 Å². The number of rotatable bonds is 1. The van der Waals surface area contributed by atoms with E-state index < -0.39 is 0 Å². The van der Waals surface area contributed by atoms with E-state index in [0.29, 0.717) is 0 Å². The fourth-order valence-corrected chi connectivity index (χ4v) is 3.25. The third-order valence-corrected chi connectivity index (χ3v) is 4.51. The highest BCUT2D eigenvalue weighted by Crippen LogP contribution is 2.38. The van der Waals surface area contributed by atoms with Gasteiger partial charge in [0.25, 0.3) is 0 Å². The molecule has 2 aromatic rings. The lowest BCUT2D eigenvalue weighted by atomic mass is 9.99. The Labute approximate surface area is 131 Å². The summed E-state index contributed by atoms with van der Waals surface area (Å²) < 4.78 is 0. The Morgan fingerprint density at radius 2 is 1.86 bits per heavy atom. The van der Waals surface area contributed by atoms with Crippen LogP contribution in [0.5, 0.6) is 0 Å². The van der Waals surface area contributed by atoms with Crippen LogP contribution in [0.2, 0.25) is 0 Å². The van der Waals surface area contributed by atoms with Gasteiger partial charge in [0, 0.05) is 16.8 Å². The van der Waals surface area contributed by atoms with Gasteiger partial charge in [-0.05, 0) is 42.9 Å². The number of anilines is 2. The molecule has 1 heterocycles. The number of hydrogen-bond donors (Lipinski definition) is 2. The molecule has 2 aromatic carbocycles. The minimum atomic E-state index is 0.120. The van der Waals surface area contributed by atoms with Crippen LogP contribution in [0.15, 0.2) is 65.8 Å². The van der Waals surface area contributed by atoms with Crippen LogP contribution in [0, 0.1) is 6.92 Å². The summed E-state index contributed by atoms with van der Waals surface area (Å²) in [6, 6.07) is 10.8. The predicted molar refractivity (Wildman–Crippen MR) is 95.3 cm³/mol. The standard InChI is InChI=1S/C20H20N2/c1-13-5-3-7-16(11-9-13)20-21-17-8-4-6-15-12-10-14(2)19(22-20)18(15)17/h4-12,20-22H,3H2,1-2H3. The van der Waals surface area contributed by atoms with E-state index >= 15 is 0 Å². The summed E-state index contributed by atoms with van der Waals surface area (Å²) in [6.45, 7) is 4.32. The molecular formula is C20H20N2. The quantitative estimate of drug-likeness (QED) is 0.758. The molecule has 2 nitrogen and oxygen atoms in total. The van der Waals surface area contributed by atoms with Gasteiger partial charge in [-0.3, -0.25) is 0 Å². The average Bonchev–Trinajstić information content (AvgIpc) is 2.75. The lowest BCUT2D eigenvalue weighted by Gasteiger charge is -2.31. The van der Waals surface area contributed by atoms with Crippen molar-refractivity contribution in [3.05, 3.63) is 71.3 Å². The minimum Gasteiger partial charge on any atom is -0.361 e. The molecule has 2 heteroatoms. The van der Waals surface area contributed by atoms with Crippen LogP contribution >= 0.6 is 0 Å². The summed E-state index contributed by atoms with van der Waals surface area (Å²) in [7, 11) is 0. The molecule has 0 radical (unpaired) electrons. The molecule has 1 unspecified atom stereocenters. The van der Waals surface area contributed by atoms with Crippen LogP contribution in [0.1, 0.15) is 18.9 Å². The van der Waals surface area contributed by atoms with Gasteiger partial charge in [0.1, 0.15) is 6.17 Å². The average molecular weight is 288 g/mol. The molecule has 110 valence electrons. The van der Waals surface area contributed by atoms with Crippen molar-refractivity contribution in [2.45, 2.75) is 26.4 Å². The van der Waals surface area contributed by atoms with Crippen LogP contribution < -0.4 is 10.6 Å². The molecule has 0 fully saturated rings. The molecule has 1 aliphatic carbocycles. The summed E-state index contributed by atoms with van der Waals surface area (Å²) in [5, 5.41) is 9.91. The van der Waals surface area contributed by atoms with Crippen molar-refractivity contribution >= 4 is 22.1 Å². The Morgan fingerprint density at radius 1 is 0.955 bits per heavy atom. The fourth-order valence-electron chi connectivity index (χ4n) is 3.25. The maximum absolute atomic E-state index is 3.69. The Kier molecular flexibility index (Phi) is 3.04. The monoisotopic (exact) mass is 288 g/mol. The van der Waals surface area contributed by atoms with Gasteiger partial charge in [-0.25, -0.2) is 0 Å². The number of aryl methyl sites for hydroxylation is 1. The molecule has 22 heavy (non-hydrogen) atoms. The van der Waals surface area contributed by atoms with Crippen molar-refractivity contribution < 1.29 is 0 Å². The van der Waals surface area contributed by atoms with E-state index in [1.807, 2.05) is 0 Å². The van der Waals surface area contributed by atoms with Crippen LogP contribution in [0.3, 0.4) is 0 Å². The van der Waals surface area contributed by atoms with Crippen molar-refractivity contribution in [3.8, 4) is 0 Å². The third-order valence-electron chi connectivity index (χ3n) is 4.51. The molecule has 0 aromatic heterocycles. The molecular weight excluding hydrogens is 268 g/mol. The Morgan fingerprint density at radius 3 is 2.77 bits per heavy atom. The maximum Gasteiger partial charge on any atom is 0.123 e. The summed E-state index contributed by atoms with van der Waals surface area (Å²) >= 11 is 0. The summed E-state index contributed by atoms with van der Waals surface area (Å²) in [4.78, 5) is 0. The van der Waals surface area contributed by atoms with E-state index in [0.717, 1.165) is 6.42 Å². The molecule has 0 saturated carbocycles. The Hall–Kier alpha value is -2.48. The van der Waals surface area contributed by atoms with E-state index in [1.165, 1.54) is 38.9 Å². The van der Waals surface area contributed by atoms with Gasteiger partial charge in [-0.1, -0.05) is 54.1 Å². The van der Waals surface area contributed by atoms with E-state index in [-0.39, 0.29) is 6.17 Å².